The maximum atomic E-state index is 12.9. The van der Waals surface area contributed by atoms with Gasteiger partial charge in [-0.15, -0.1) is 0 Å². The highest BCUT2D eigenvalue weighted by molar-refractivity contribution is 9.10. The number of hydrogen-bond acceptors (Lipinski definition) is 7. The van der Waals surface area contributed by atoms with Gasteiger partial charge in [0.1, 0.15) is 23.0 Å². The Kier molecular flexibility index (Phi) is 8.09. The molecule has 1 fully saturated rings. The summed E-state index contributed by atoms with van der Waals surface area (Å²) in [4.78, 5) is 26.6. The standard InChI is InChI=1S/C25H19BrClNO6S2/c1-16-6-9-19(10-7-16)36(31,32)34-21-11-8-18(26)14-17(21)15-23-24(29)28(25(30)35-23)12-13-33-22-5-3-2-4-20(22)27/h2-11,14-15H,12-13H2,1H3/b23-15-. The maximum absolute atomic E-state index is 12.9. The zero-order valence-corrected chi connectivity index (χ0v) is 22.8. The van der Waals surface area contributed by atoms with Crippen molar-refractivity contribution in [1.29, 1.82) is 0 Å². The summed E-state index contributed by atoms with van der Waals surface area (Å²) in [6.45, 7) is 1.94. The van der Waals surface area contributed by atoms with Crippen molar-refractivity contribution in [2.24, 2.45) is 0 Å². The quantitative estimate of drug-likeness (QED) is 0.219. The number of carbonyl (C=O) groups excluding carboxylic acids is 2. The van der Waals surface area contributed by atoms with Crippen LogP contribution in [0.1, 0.15) is 11.1 Å². The van der Waals surface area contributed by atoms with E-state index in [1.54, 1.807) is 48.5 Å². The smallest absolute Gasteiger partial charge is 0.339 e. The third-order valence-electron chi connectivity index (χ3n) is 5.05. The largest absolute Gasteiger partial charge is 0.490 e. The molecule has 3 aromatic rings. The monoisotopic (exact) mass is 607 g/mol. The first-order chi connectivity index (χ1) is 17.1. The molecule has 4 rings (SSSR count). The van der Waals surface area contributed by atoms with Crippen LogP contribution in [0.25, 0.3) is 6.08 Å². The van der Waals surface area contributed by atoms with Crippen LogP contribution in [0.15, 0.2) is 81.0 Å². The van der Waals surface area contributed by atoms with E-state index in [1.807, 2.05) is 6.92 Å². The van der Waals surface area contributed by atoms with E-state index >= 15 is 0 Å². The number of carbonyl (C=O) groups is 2. The average Bonchev–Trinajstić information content (AvgIpc) is 3.09. The van der Waals surface area contributed by atoms with Crippen LogP contribution in [-0.2, 0) is 14.9 Å². The molecule has 0 aromatic heterocycles. The van der Waals surface area contributed by atoms with Crippen molar-refractivity contribution < 1.29 is 26.9 Å². The highest BCUT2D eigenvalue weighted by atomic mass is 79.9. The molecule has 1 heterocycles. The van der Waals surface area contributed by atoms with Crippen LogP contribution in [0.5, 0.6) is 11.5 Å². The second-order valence-electron chi connectivity index (χ2n) is 7.64. The van der Waals surface area contributed by atoms with Gasteiger partial charge in [-0.05, 0) is 67.2 Å². The first-order valence-corrected chi connectivity index (χ1v) is 14.0. The van der Waals surface area contributed by atoms with Crippen molar-refractivity contribution in [3.05, 3.63) is 92.3 Å². The van der Waals surface area contributed by atoms with Crippen molar-refractivity contribution in [3.63, 3.8) is 0 Å². The van der Waals surface area contributed by atoms with Gasteiger partial charge < -0.3 is 8.92 Å². The Hall–Kier alpha value is -2.79. The Bertz CT molecular complexity index is 1460. The van der Waals surface area contributed by atoms with Gasteiger partial charge in [0.05, 0.1) is 16.5 Å². The van der Waals surface area contributed by atoms with Crippen molar-refractivity contribution in [2.45, 2.75) is 11.8 Å². The Morgan fingerprint density at radius 2 is 1.75 bits per heavy atom. The van der Waals surface area contributed by atoms with Crippen LogP contribution in [-0.4, -0.2) is 37.6 Å². The summed E-state index contributed by atoms with van der Waals surface area (Å²) < 4.78 is 37.2. The third-order valence-corrected chi connectivity index (χ3v) is 8.01. The van der Waals surface area contributed by atoms with Crippen molar-refractivity contribution >= 4 is 66.6 Å². The molecule has 1 aliphatic rings. The van der Waals surface area contributed by atoms with Gasteiger partial charge in [0.25, 0.3) is 11.1 Å². The fraction of sp³-hybridized carbons (Fsp3) is 0.120. The minimum Gasteiger partial charge on any atom is -0.490 e. The predicted molar refractivity (Wildman–Crippen MR) is 143 cm³/mol. The van der Waals surface area contributed by atoms with E-state index in [4.69, 9.17) is 20.5 Å². The molecule has 36 heavy (non-hydrogen) atoms. The second kappa shape index (κ2) is 11.1. The number of rotatable bonds is 8. The molecule has 1 saturated heterocycles. The van der Waals surface area contributed by atoms with E-state index in [2.05, 4.69) is 15.9 Å². The summed E-state index contributed by atoms with van der Waals surface area (Å²) >= 11 is 10.2. The van der Waals surface area contributed by atoms with Crippen molar-refractivity contribution in [3.8, 4) is 11.5 Å². The average molecular weight is 609 g/mol. The van der Waals surface area contributed by atoms with Crippen LogP contribution in [0.2, 0.25) is 5.02 Å². The topological polar surface area (TPSA) is 90.0 Å². The van der Waals surface area contributed by atoms with E-state index in [0.717, 1.165) is 22.2 Å². The van der Waals surface area contributed by atoms with Gasteiger partial charge in [-0.1, -0.05) is 57.4 Å². The predicted octanol–water partition coefficient (Wildman–Crippen LogP) is 6.29. The summed E-state index contributed by atoms with van der Waals surface area (Å²) in [6.07, 6.45) is 1.44. The third kappa shape index (κ3) is 6.12. The number of halogens is 2. The number of benzene rings is 3. The highest BCUT2D eigenvalue weighted by Crippen LogP contribution is 2.35. The molecule has 0 bridgehead atoms. The van der Waals surface area contributed by atoms with E-state index in [9.17, 15) is 18.0 Å². The summed E-state index contributed by atoms with van der Waals surface area (Å²) in [5, 5.41) is -0.0342. The Labute approximate surface area is 226 Å². The lowest BCUT2D eigenvalue weighted by atomic mass is 10.2. The summed E-state index contributed by atoms with van der Waals surface area (Å²) in [6, 6.07) is 17.9. The van der Waals surface area contributed by atoms with Crippen molar-refractivity contribution in [2.75, 3.05) is 13.2 Å². The van der Waals surface area contributed by atoms with Crippen LogP contribution >= 0.6 is 39.3 Å². The molecule has 11 heteroatoms. The molecule has 7 nitrogen and oxygen atoms in total. The van der Waals surface area contributed by atoms with E-state index in [1.165, 1.54) is 24.3 Å². The van der Waals surface area contributed by atoms with Gasteiger partial charge in [0, 0.05) is 10.0 Å². The number of imide groups is 1. The van der Waals surface area contributed by atoms with Gasteiger partial charge in [-0.2, -0.15) is 8.42 Å². The zero-order valence-electron chi connectivity index (χ0n) is 18.8. The molecule has 3 aromatic carbocycles. The molecule has 0 radical (unpaired) electrons. The highest BCUT2D eigenvalue weighted by Gasteiger charge is 2.35. The minimum atomic E-state index is -4.12. The zero-order chi connectivity index (χ0) is 25.9. The maximum Gasteiger partial charge on any atom is 0.339 e. The fourth-order valence-corrected chi connectivity index (χ4v) is 5.60. The lowest BCUT2D eigenvalue weighted by molar-refractivity contribution is -0.123. The van der Waals surface area contributed by atoms with Crippen LogP contribution in [0, 0.1) is 6.92 Å². The number of hydrogen-bond donors (Lipinski definition) is 0. The number of nitrogens with zero attached hydrogens (tertiary/aromatic N) is 1. The van der Waals surface area contributed by atoms with Gasteiger partial charge in [0.15, 0.2) is 0 Å². The number of amides is 2. The normalized spacial score (nSPS) is 15.0. The molecule has 0 atom stereocenters. The number of aryl methyl sites for hydroxylation is 1. The SMILES string of the molecule is Cc1ccc(S(=O)(=O)Oc2ccc(Br)cc2/C=C2\SC(=O)N(CCOc3ccccc3Cl)C2=O)cc1. The summed E-state index contributed by atoms with van der Waals surface area (Å²) in [7, 11) is -4.12. The van der Waals surface area contributed by atoms with Crippen LogP contribution in [0.4, 0.5) is 4.79 Å². The van der Waals surface area contributed by atoms with E-state index in [0.29, 0.717) is 20.8 Å². The van der Waals surface area contributed by atoms with Gasteiger partial charge >= 0.3 is 10.1 Å². The lowest BCUT2D eigenvalue weighted by Crippen LogP contribution is -2.32. The summed E-state index contributed by atoms with van der Waals surface area (Å²) in [5.74, 6) is -0.0416. The molecule has 0 saturated carbocycles. The molecule has 2 amide bonds. The van der Waals surface area contributed by atoms with Gasteiger partial charge in [-0.3, -0.25) is 14.5 Å². The molecule has 1 aliphatic heterocycles. The molecule has 0 N–H and O–H groups in total. The second-order valence-corrected chi connectivity index (χ2v) is 11.5. The molecule has 0 unspecified atom stereocenters. The van der Waals surface area contributed by atoms with Crippen LogP contribution < -0.4 is 8.92 Å². The Morgan fingerprint density at radius 3 is 2.47 bits per heavy atom. The Morgan fingerprint density at radius 1 is 1.03 bits per heavy atom. The fourth-order valence-electron chi connectivity index (χ4n) is 3.22. The lowest BCUT2D eigenvalue weighted by Gasteiger charge is -2.14. The van der Waals surface area contributed by atoms with Gasteiger partial charge in [-0.25, -0.2) is 0 Å². The van der Waals surface area contributed by atoms with E-state index < -0.39 is 21.3 Å². The number of thioether (sulfide) groups is 1. The Balaban J connectivity index is 1.52. The molecular weight excluding hydrogens is 590 g/mol. The number of ether oxygens (including phenoxy) is 1. The van der Waals surface area contributed by atoms with Crippen molar-refractivity contribution in [1.82, 2.24) is 4.90 Å². The minimum absolute atomic E-state index is 0.000752. The first-order valence-electron chi connectivity index (χ1n) is 10.6. The molecule has 0 spiro atoms. The number of para-hydroxylation sites is 1. The first kappa shape index (κ1) is 26.3. The van der Waals surface area contributed by atoms with Gasteiger partial charge in [0.2, 0.25) is 0 Å². The van der Waals surface area contributed by atoms with E-state index in [-0.39, 0.29) is 28.7 Å². The van der Waals surface area contributed by atoms with Crippen LogP contribution in [0.3, 0.4) is 0 Å². The summed E-state index contributed by atoms with van der Waals surface area (Å²) in [5.41, 5.74) is 1.23. The molecule has 0 aliphatic carbocycles. The molecular formula is C25H19BrClNO6S2. The molecule has 186 valence electrons.